The molecule has 4 heteroatoms. The van der Waals surface area contributed by atoms with E-state index in [1.54, 1.807) is 12.1 Å². The summed E-state index contributed by atoms with van der Waals surface area (Å²) < 4.78 is 5.75. The van der Waals surface area contributed by atoms with Crippen LogP contribution in [0.4, 0.5) is 5.69 Å². The summed E-state index contributed by atoms with van der Waals surface area (Å²) in [6, 6.07) is 16.8. The molecule has 0 saturated carbocycles. The zero-order chi connectivity index (χ0) is 14.8. The molecule has 3 aromatic rings. The Morgan fingerprint density at radius 2 is 1.95 bits per heavy atom. The number of aryl methyl sites for hydroxylation is 1. The van der Waals surface area contributed by atoms with Gasteiger partial charge in [-0.05, 0) is 24.6 Å². The van der Waals surface area contributed by atoms with Crippen LogP contribution in [-0.4, -0.2) is 4.98 Å². The molecule has 0 aliphatic rings. The lowest BCUT2D eigenvalue weighted by atomic mass is 10.1. The summed E-state index contributed by atoms with van der Waals surface area (Å²) in [5.74, 6) is 0.907. The van der Waals surface area contributed by atoms with Gasteiger partial charge in [0, 0.05) is 11.5 Å². The molecule has 1 aromatic heterocycles. The zero-order valence-electron chi connectivity index (χ0n) is 11.5. The molecule has 102 valence electrons. The predicted molar refractivity (Wildman–Crippen MR) is 82.1 cm³/mol. The average molecular weight is 275 g/mol. The highest BCUT2D eigenvalue weighted by molar-refractivity contribution is 5.85. The minimum Gasteiger partial charge on any atom is -0.437 e. The van der Waals surface area contributed by atoms with E-state index in [2.05, 4.69) is 11.1 Å². The number of nitrogen functional groups attached to an aromatic ring is 1. The fraction of sp³-hybridized carbons (Fsp3) is 0.0588. The van der Waals surface area contributed by atoms with E-state index >= 15 is 0 Å². The second kappa shape index (κ2) is 5.14. The van der Waals surface area contributed by atoms with Crippen LogP contribution in [0.15, 0.2) is 48.5 Å². The molecule has 0 fully saturated rings. The number of hydrogen-bond acceptors (Lipinski definition) is 4. The van der Waals surface area contributed by atoms with Crippen molar-refractivity contribution in [1.29, 1.82) is 5.26 Å². The van der Waals surface area contributed by atoms with E-state index in [9.17, 15) is 5.26 Å². The lowest BCUT2D eigenvalue weighted by Crippen LogP contribution is -1.96. The molecule has 0 amide bonds. The molecular weight excluding hydrogens is 262 g/mol. The zero-order valence-corrected chi connectivity index (χ0v) is 11.5. The summed E-state index contributed by atoms with van der Waals surface area (Å²) in [5, 5.41) is 10.1. The summed E-state index contributed by atoms with van der Waals surface area (Å²) >= 11 is 0. The molecule has 0 spiro atoms. The molecular formula is C17H13N3O. The molecule has 0 atom stereocenters. The summed E-state index contributed by atoms with van der Waals surface area (Å²) in [5.41, 5.74) is 8.76. The minimum atomic E-state index is 0.363. The standard InChI is InChI=1S/C17H13N3O/c1-11-5-4-8-15(17(11)19)21-16-9-12(10-18)13-6-2-3-7-14(13)20-16/h2-9H,19H2,1H3. The minimum absolute atomic E-state index is 0.363. The summed E-state index contributed by atoms with van der Waals surface area (Å²) in [6.45, 7) is 1.91. The van der Waals surface area contributed by atoms with Gasteiger partial charge in [-0.2, -0.15) is 5.26 Å². The smallest absolute Gasteiger partial charge is 0.221 e. The van der Waals surface area contributed by atoms with E-state index in [4.69, 9.17) is 10.5 Å². The first-order valence-electron chi connectivity index (χ1n) is 6.52. The van der Waals surface area contributed by atoms with E-state index in [0.717, 1.165) is 16.5 Å². The first-order chi connectivity index (χ1) is 10.2. The van der Waals surface area contributed by atoms with E-state index in [-0.39, 0.29) is 0 Å². The van der Waals surface area contributed by atoms with Crippen LogP contribution in [0.3, 0.4) is 0 Å². The lowest BCUT2D eigenvalue weighted by molar-refractivity contribution is 0.467. The van der Waals surface area contributed by atoms with Crippen LogP contribution in [0.2, 0.25) is 0 Å². The molecule has 0 bridgehead atoms. The molecule has 0 aliphatic carbocycles. The molecule has 0 saturated heterocycles. The number of anilines is 1. The number of hydrogen-bond donors (Lipinski definition) is 1. The summed E-state index contributed by atoms with van der Waals surface area (Å²) in [6.07, 6.45) is 0. The highest BCUT2D eigenvalue weighted by Gasteiger charge is 2.09. The number of rotatable bonds is 2. The second-order valence-corrected chi connectivity index (χ2v) is 4.73. The maximum absolute atomic E-state index is 9.27. The SMILES string of the molecule is Cc1cccc(Oc2cc(C#N)c3ccccc3n2)c1N. The van der Waals surface area contributed by atoms with Gasteiger partial charge in [0.2, 0.25) is 5.88 Å². The Labute approximate surface area is 122 Å². The van der Waals surface area contributed by atoms with Crippen molar-refractivity contribution in [2.24, 2.45) is 0 Å². The third-order valence-electron chi connectivity index (χ3n) is 3.31. The first-order valence-corrected chi connectivity index (χ1v) is 6.52. The molecule has 1 heterocycles. The van der Waals surface area contributed by atoms with Crippen molar-refractivity contribution < 1.29 is 4.74 Å². The molecule has 0 aliphatic heterocycles. The molecule has 0 radical (unpaired) electrons. The number of ether oxygens (including phenoxy) is 1. The molecule has 21 heavy (non-hydrogen) atoms. The van der Waals surface area contributed by atoms with Crippen LogP contribution >= 0.6 is 0 Å². The van der Waals surface area contributed by atoms with Crippen LogP contribution in [0, 0.1) is 18.3 Å². The monoisotopic (exact) mass is 275 g/mol. The Bertz CT molecular complexity index is 866. The number of pyridine rings is 1. The van der Waals surface area contributed by atoms with Crippen LogP contribution in [0.1, 0.15) is 11.1 Å². The van der Waals surface area contributed by atoms with Crippen molar-refractivity contribution in [3.05, 3.63) is 59.7 Å². The Morgan fingerprint density at radius 1 is 1.14 bits per heavy atom. The Balaban J connectivity index is 2.09. The van der Waals surface area contributed by atoms with Gasteiger partial charge >= 0.3 is 0 Å². The van der Waals surface area contributed by atoms with Gasteiger partial charge in [0.25, 0.3) is 0 Å². The fourth-order valence-electron chi connectivity index (χ4n) is 2.15. The van der Waals surface area contributed by atoms with Crippen molar-refractivity contribution in [3.63, 3.8) is 0 Å². The predicted octanol–water partition coefficient (Wildman–Crippen LogP) is 3.79. The summed E-state index contributed by atoms with van der Waals surface area (Å²) in [4.78, 5) is 4.42. The van der Waals surface area contributed by atoms with Gasteiger partial charge in [0.1, 0.15) is 6.07 Å². The summed E-state index contributed by atoms with van der Waals surface area (Å²) in [7, 11) is 0. The van der Waals surface area contributed by atoms with E-state index in [1.807, 2.05) is 43.3 Å². The van der Waals surface area contributed by atoms with Gasteiger partial charge in [-0.3, -0.25) is 0 Å². The van der Waals surface area contributed by atoms with Crippen LogP contribution in [-0.2, 0) is 0 Å². The highest BCUT2D eigenvalue weighted by Crippen LogP contribution is 2.30. The molecule has 0 unspecified atom stereocenters. The van der Waals surface area contributed by atoms with Crippen molar-refractivity contribution >= 4 is 16.6 Å². The molecule has 2 aromatic carbocycles. The van der Waals surface area contributed by atoms with Gasteiger partial charge in [0.05, 0.1) is 16.8 Å². The number of nitrogens with zero attached hydrogens (tertiary/aromatic N) is 2. The van der Waals surface area contributed by atoms with E-state index in [1.165, 1.54) is 0 Å². The van der Waals surface area contributed by atoms with E-state index in [0.29, 0.717) is 22.9 Å². The van der Waals surface area contributed by atoms with Crippen molar-refractivity contribution in [1.82, 2.24) is 4.98 Å². The number of aromatic nitrogens is 1. The Hall–Kier alpha value is -3.06. The fourth-order valence-corrected chi connectivity index (χ4v) is 2.15. The van der Waals surface area contributed by atoms with Crippen LogP contribution in [0.5, 0.6) is 11.6 Å². The molecule has 4 nitrogen and oxygen atoms in total. The normalized spacial score (nSPS) is 10.3. The van der Waals surface area contributed by atoms with Crippen molar-refractivity contribution in [2.45, 2.75) is 6.92 Å². The van der Waals surface area contributed by atoms with Gasteiger partial charge in [-0.15, -0.1) is 0 Å². The maximum atomic E-state index is 9.27. The number of fused-ring (bicyclic) bond motifs is 1. The Morgan fingerprint density at radius 3 is 2.76 bits per heavy atom. The lowest BCUT2D eigenvalue weighted by Gasteiger charge is -2.10. The van der Waals surface area contributed by atoms with Crippen molar-refractivity contribution in [3.8, 4) is 17.7 Å². The first kappa shape index (κ1) is 12.9. The largest absolute Gasteiger partial charge is 0.437 e. The molecule has 3 rings (SSSR count). The van der Waals surface area contributed by atoms with Gasteiger partial charge < -0.3 is 10.5 Å². The average Bonchev–Trinajstić information content (AvgIpc) is 2.51. The number of nitrogens with two attached hydrogens (primary N) is 1. The molecule has 2 N–H and O–H groups in total. The third kappa shape index (κ3) is 2.37. The van der Waals surface area contributed by atoms with Crippen LogP contribution in [0.25, 0.3) is 10.9 Å². The highest BCUT2D eigenvalue weighted by atomic mass is 16.5. The van der Waals surface area contributed by atoms with Crippen molar-refractivity contribution in [2.75, 3.05) is 5.73 Å². The van der Waals surface area contributed by atoms with E-state index < -0.39 is 0 Å². The van der Waals surface area contributed by atoms with Gasteiger partial charge in [-0.25, -0.2) is 4.98 Å². The Kier molecular flexibility index (Phi) is 3.17. The number of benzene rings is 2. The third-order valence-corrected chi connectivity index (χ3v) is 3.31. The van der Waals surface area contributed by atoms with Gasteiger partial charge in [-0.1, -0.05) is 30.3 Å². The number of nitriles is 1. The number of para-hydroxylation sites is 2. The maximum Gasteiger partial charge on any atom is 0.221 e. The quantitative estimate of drug-likeness (QED) is 0.722. The topological polar surface area (TPSA) is 71.9 Å². The van der Waals surface area contributed by atoms with Gasteiger partial charge in [0.15, 0.2) is 5.75 Å². The van der Waals surface area contributed by atoms with Crippen LogP contribution < -0.4 is 10.5 Å². The second-order valence-electron chi connectivity index (χ2n) is 4.73.